The highest BCUT2D eigenvalue weighted by Gasteiger charge is 2.42. The van der Waals surface area contributed by atoms with Gasteiger partial charge in [0, 0.05) is 26.2 Å². The van der Waals surface area contributed by atoms with Gasteiger partial charge in [-0.25, -0.2) is 0 Å². The molecule has 4 aromatic heterocycles. The number of hydrogen-bond acceptors (Lipinski definition) is 5. The van der Waals surface area contributed by atoms with Crippen LogP contribution in [0, 0.1) is 13.8 Å². The van der Waals surface area contributed by atoms with Crippen molar-refractivity contribution in [1.29, 1.82) is 0 Å². The van der Waals surface area contributed by atoms with E-state index in [9.17, 15) is 0 Å². The first-order valence-corrected chi connectivity index (χ1v) is 8.74. The first kappa shape index (κ1) is 15.2. The van der Waals surface area contributed by atoms with Crippen LogP contribution in [0.25, 0.3) is 17.0 Å². The summed E-state index contributed by atoms with van der Waals surface area (Å²) in [6, 6.07) is 4.21. The normalized spacial score (nSPS) is 19.4. The molecular weight excluding hydrogens is 328 g/mol. The molecule has 0 amide bonds. The standard InChI is InChI=1S/C18H20N8/c1-10-5-16(23-26-11(2)20-21-18(10)26)17-7-15(22-25(17)4)14-6-13(14)12-8-19-24(3)9-12/h5,7-9,13-14H,6H2,1-4H3/t13-,14+/m1/s1. The summed E-state index contributed by atoms with van der Waals surface area (Å²) >= 11 is 0. The van der Waals surface area contributed by atoms with E-state index in [0.29, 0.717) is 11.8 Å². The number of aryl methyl sites for hydroxylation is 4. The molecule has 0 bridgehead atoms. The van der Waals surface area contributed by atoms with Gasteiger partial charge in [-0.1, -0.05) is 0 Å². The number of nitrogens with zero attached hydrogens (tertiary/aromatic N) is 8. The minimum atomic E-state index is 0.459. The van der Waals surface area contributed by atoms with E-state index in [0.717, 1.165) is 40.5 Å². The van der Waals surface area contributed by atoms with Gasteiger partial charge in [0.25, 0.3) is 0 Å². The third kappa shape index (κ3) is 2.25. The molecule has 2 atom stereocenters. The van der Waals surface area contributed by atoms with Gasteiger partial charge in [0.15, 0.2) is 11.5 Å². The van der Waals surface area contributed by atoms with E-state index in [1.165, 1.54) is 5.56 Å². The molecule has 0 aromatic carbocycles. The van der Waals surface area contributed by atoms with E-state index in [4.69, 9.17) is 10.2 Å². The molecule has 1 saturated carbocycles. The molecule has 1 fully saturated rings. The van der Waals surface area contributed by atoms with Crippen LogP contribution in [0.4, 0.5) is 0 Å². The highest BCUT2D eigenvalue weighted by Crippen LogP contribution is 2.54. The second-order valence-corrected chi connectivity index (χ2v) is 7.17. The fourth-order valence-corrected chi connectivity index (χ4v) is 3.69. The van der Waals surface area contributed by atoms with Gasteiger partial charge in [-0.3, -0.25) is 9.36 Å². The maximum absolute atomic E-state index is 4.76. The van der Waals surface area contributed by atoms with Crippen molar-refractivity contribution in [2.24, 2.45) is 14.1 Å². The van der Waals surface area contributed by atoms with Crippen molar-refractivity contribution in [3.05, 3.63) is 47.2 Å². The Morgan fingerprint density at radius 3 is 2.65 bits per heavy atom. The highest BCUT2D eigenvalue weighted by molar-refractivity contribution is 5.60. The molecule has 5 rings (SSSR count). The molecule has 4 heterocycles. The summed E-state index contributed by atoms with van der Waals surface area (Å²) in [6.07, 6.45) is 5.18. The average molecular weight is 348 g/mol. The number of rotatable bonds is 3. The summed E-state index contributed by atoms with van der Waals surface area (Å²) < 4.78 is 5.58. The van der Waals surface area contributed by atoms with Crippen molar-refractivity contribution >= 4 is 5.65 Å². The van der Waals surface area contributed by atoms with E-state index < -0.39 is 0 Å². The maximum Gasteiger partial charge on any atom is 0.180 e. The van der Waals surface area contributed by atoms with E-state index in [2.05, 4.69) is 33.6 Å². The Morgan fingerprint density at radius 2 is 1.88 bits per heavy atom. The fraction of sp³-hybridized carbons (Fsp3) is 0.389. The summed E-state index contributed by atoms with van der Waals surface area (Å²) in [5.74, 6) is 1.76. The van der Waals surface area contributed by atoms with E-state index in [-0.39, 0.29) is 0 Å². The van der Waals surface area contributed by atoms with Gasteiger partial charge < -0.3 is 0 Å². The molecule has 1 aliphatic carbocycles. The molecule has 8 heteroatoms. The number of aromatic nitrogens is 8. The molecule has 4 aromatic rings. The smallest absolute Gasteiger partial charge is 0.180 e. The average Bonchev–Trinajstić information content (AvgIpc) is 2.91. The number of fused-ring (bicyclic) bond motifs is 1. The van der Waals surface area contributed by atoms with Crippen LogP contribution in [0.5, 0.6) is 0 Å². The predicted molar refractivity (Wildman–Crippen MR) is 95.8 cm³/mol. The minimum absolute atomic E-state index is 0.459. The van der Waals surface area contributed by atoms with Gasteiger partial charge in [0.2, 0.25) is 0 Å². The molecule has 26 heavy (non-hydrogen) atoms. The van der Waals surface area contributed by atoms with Crippen LogP contribution < -0.4 is 0 Å². The Labute approximate surface area is 150 Å². The van der Waals surface area contributed by atoms with Crippen LogP contribution >= 0.6 is 0 Å². The Morgan fingerprint density at radius 1 is 1.04 bits per heavy atom. The first-order chi connectivity index (χ1) is 12.5. The molecule has 8 nitrogen and oxygen atoms in total. The van der Waals surface area contributed by atoms with Crippen molar-refractivity contribution in [2.45, 2.75) is 32.1 Å². The molecule has 0 radical (unpaired) electrons. The number of hydrogen-bond donors (Lipinski definition) is 0. The van der Waals surface area contributed by atoms with E-state index in [1.807, 2.05) is 43.5 Å². The summed E-state index contributed by atoms with van der Waals surface area (Å²) in [7, 11) is 3.93. The van der Waals surface area contributed by atoms with Gasteiger partial charge >= 0.3 is 0 Å². The fourth-order valence-electron chi connectivity index (χ4n) is 3.69. The third-order valence-corrected chi connectivity index (χ3v) is 5.19. The molecule has 0 unspecified atom stereocenters. The molecular formula is C18H20N8. The largest absolute Gasteiger partial charge is 0.276 e. The summed E-state index contributed by atoms with van der Waals surface area (Å²) in [4.78, 5) is 0. The predicted octanol–water partition coefficient (Wildman–Crippen LogP) is 2.15. The van der Waals surface area contributed by atoms with Crippen molar-refractivity contribution in [2.75, 3.05) is 0 Å². The van der Waals surface area contributed by atoms with E-state index in [1.54, 1.807) is 4.52 Å². The molecule has 0 spiro atoms. The molecule has 0 N–H and O–H groups in total. The van der Waals surface area contributed by atoms with Crippen molar-refractivity contribution in [3.8, 4) is 11.4 Å². The van der Waals surface area contributed by atoms with Crippen LogP contribution in [0.2, 0.25) is 0 Å². The Hall–Kier alpha value is -3.03. The third-order valence-electron chi connectivity index (χ3n) is 5.19. The Kier molecular flexibility index (Phi) is 3.07. The van der Waals surface area contributed by atoms with E-state index >= 15 is 0 Å². The van der Waals surface area contributed by atoms with Crippen LogP contribution in [0.3, 0.4) is 0 Å². The van der Waals surface area contributed by atoms with Gasteiger partial charge in [0.05, 0.1) is 17.6 Å². The first-order valence-electron chi connectivity index (χ1n) is 8.74. The minimum Gasteiger partial charge on any atom is -0.276 e. The summed E-state index contributed by atoms with van der Waals surface area (Å²) in [5.41, 5.74) is 6.16. The lowest BCUT2D eigenvalue weighted by molar-refractivity contribution is 0.741. The molecule has 0 saturated heterocycles. The van der Waals surface area contributed by atoms with Gasteiger partial charge in [-0.2, -0.15) is 19.8 Å². The highest BCUT2D eigenvalue weighted by atomic mass is 15.4. The lowest BCUT2D eigenvalue weighted by Crippen LogP contribution is -2.02. The Balaban J connectivity index is 1.51. The molecule has 1 aliphatic rings. The monoisotopic (exact) mass is 348 g/mol. The zero-order chi connectivity index (χ0) is 18.0. The zero-order valence-corrected chi connectivity index (χ0v) is 15.2. The maximum atomic E-state index is 4.76. The quantitative estimate of drug-likeness (QED) is 0.567. The zero-order valence-electron chi connectivity index (χ0n) is 15.2. The van der Waals surface area contributed by atoms with Gasteiger partial charge in [-0.05, 0) is 49.4 Å². The van der Waals surface area contributed by atoms with Crippen LogP contribution in [0.1, 0.15) is 40.9 Å². The van der Waals surface area contributed by atoms with Crippen molar-refractivity contribution in [3.63, 3.8) is 0 Å². The SMILES string of the molecule is Cc1cc(-c2cc([C@H]3C[C@@H]3c3cnn(C)c3)nn2C)nn2c(C)nnc12. The molecule has 0 aliphatic heterocycles. The summed E-state index contributed by atoms with van der Waals surface area (Å²) in [6.45, 7) is 3.94. The topological polar surface area (TPSA) is 78.7 Å². The second kappa shape index (κ2) is 5.23. The Bertz CT molecular complexity index is 1130. The lowest BCUT2D eigenvalue weighted by Gasteiger charge is -2.04. The van der Waals surface area contributed by atoms with Crippen LogP contribution in [0.15, 0.2) is 24.5 Å². The van der Waals surface area contributed by atoms with Gasteiger partial charge in [-0.15, -0.1) is 10.2 Å². The molecule has 132 valence electrons. The van der Waals surface area contributed by atoms with Gasteiger partial charge in [0.1, 0.15) is 5.69 Å². The second-order valence-electron chi connectivity index (χ2n) is 7.17. The van der Waals surface area contributed by atoms with Crippen molar-refractivity contribution < 1.29 is 0 Å². The van der Waals surface area contributed by atoms with Crippen LogP contribution in [-0.2, 0) is 14.1 Å². The van der Waals surface area contributed by atoms with Crippen LogP contribution in [-0.4, -0.2) is 39.4 Å². The lowest BCUT2D eigenvalue weighted by atomic mass is 10.1. The van der Waals surface area contributed by atoms with Crippen molar-refractivity contribution in [1.82, 2.24) is 39.4 Å². The summed E-state index contributed by atoms with van der Waals surface area (Å²) in [5, 5.41) is 22.1.